The maximum Gasteiger partial charge on any atom is 0.330 e. The minimum Gasteiger partial charge on any atom is -0.490 e. The van der Waals surface area contributed by atoms with Crippen LogP contribution in [-0.2, 0) is 19.0 Å². The van der Waals surface area contributed by atoms with E-state index >= 15 is 0 Å². The molecule has 4 atom stereocenters. The van der Waals surface area contributed by atoms with Gasteiger partial charge >= 0.3 is 5.97 Å². The summed E-state index contributed by atoms with van der Waals surface area (Å²) in [5, 5.41) is 9.81. The normalized spacial score (nSPS) is 23.9. The standard InChI is InChI=1S/C20H28O6/c1-5-17-10-14(4)25-20(26-17)15-7-8-18(13(3)9-15)23-11-16(21)12-24-19(22)6-2/h6-9,14,16-17,20-21H,2,5,10-12H2,1,3-4H3. The predicted molar refractivity (Wildman–Crippen MR) is 96.9 cm³/mol. The molecular weight excluding hydrogens is 336 g/mol. The van der Waals surface area contributed by atoms with Crippen molar-refractivity contribution < 1.29 is 28.8 Å². The van der Waals surface area contributed by atoms with Crippen LogP contribution >= 0.6 is 0 Å². The van der Waals surface area contributed by atoms with Gasteiger partial charge in [0, 0.05) is 11.6 Å². The number of ether oxygens (including phenoxy) is 4. The van der Waals surface area contributed by atoms with Crippen molar-refractivity contribution in [2.45, 2.75) is 58.2 Å². The molecule has 144 valence electrons. The van der Waals surface area contributed by atoms with Crippen LogP contribution < -0.4 is 4.74 Å². The summed E-state index contributed by atoms with van der Waals surface area (Å²) in [5.74, 6) is 0.0791. The lowest BCUT2D eigenvalue weighted by Crippen LogP contribution is -2.31. The van der Waals surface area contributed by atoms with E-state index in [9.17, 15) is 9.90 Å². The molecule has 1 N–H and O–H groups in total. The molecule has 26 heavy (non-hydrogen) atoms. The molecule has 6 nitrogen and oxygen atoms in total. The number of esters is 1. The van der Waals surface area contributed by atoms with Crippen LogP contribution in [0.5, 0.6) is 5.75 Å². The Morgan fingerprint density at radius 2 is 2.19 bits per heavy atom. The summed E-state index contributed by atoms with van der Waals surface area (Å²) in [6, 6.07) is 5.71. The van der Waals surface area contributed by atoms with Crippen molar-refractivity contribution in [1.29, 1.82) is 0 Å². The van der Waals surface area contributed by atoms with Crippen LogP contribution in [0.1, 0.15) is 44.1 Å². The minimum atomic E-state index is -0.908. The molecular formula is C20H28O6. The zero-order valence-corrected chi connectivity index (χ0v) is 15.6. The molecule has 1 saturated heterocycles. The monoisotopic (exact) mass is 364 g/mol. The highest BCUT2D eigenvalue weighted by Gasteiger charge is 2.28. The summed E-state index contributed by atoms with van der Waals surface area (Å²) in [6.45, 7) is 9.28. The summed E-state index contributed by atoms with van der Waals surface area (Å²) in [7, 11) is 0. The Balaban J connectivity index is 1.92. The fraction of sp³-hybridized carbons (Fsp3) is 0.550. The number of carbonyl (C=O) groups is 1. The van der Waals surface area contributed by atoms with E-state index in [-0.39, 0.29) is 31.7 Å². The van der Waals surface area contributed by atoms with Crippen LogP contribution in [0, 0.1) is 6.92 Å². The van der Waals surface area contributed by atoms with Crippen LogP contribution in [0.4, 0.5) is 0 Å². The maximum atomic E-state index is 11.0. The molecule has 1 aromatic carbocycles. The number of carbonyl (C=O) groups excluding carboxylic acids is 1. The topological polar surface area (TPSA) is 74.2 Å². The Hall–Kier alpha value is -1.89. The smallest absolute Gasteiger partial charge is 0.330 e. The van der Waals surface area contributed by atoms with Crippen molar-refractivity contribution in [3.05, 3.63) is 42.0 Å². The molecule has 0 amide bonds. The summed E-state index contributed by atoms with van der Waals surface area (Å²) in [6.07, 6.45) is 1.99. The van der Waals surface area contributed by atoms with Gasteiger partial charge in [-0.25, -0.2) is 4.79 Å². The summed E-state index contributed by atoms with van der Waals surface area (Å²) in [5.41, 5.74) is 1.86. The van der Waals surface area contributed by atoms with Gasteiger partial charge in [-0.3, -0.25) is 0 Å². The van der Waals surface area contributed by atoms with Gasteiger partial charge in [0.2, 0.25) is 0 Å². The van der Waals surface area contributed by atoms with E-state index in [1.54, 1.807) is 0 Å². The van der Waals surface area contributed by atoms with Crippen molar-refractivity contribution in [2.24, 2.45) is 0 Å². The molecule has 1 aliphatic rings. The number of aliphatic hydroxyl groups excluding tert-OH is 1. The van der Waals surface area contributed by atoms with E-state index in [1.165, 1.54) is 0 Å². The fourth-order valence-corrected chi connectivity index (χ4v) is 2.77. The highest BCUT2D eigenvalue weighted by Crippen LogP contribution is 2.33. The lowest BCUT2D eigenvalue weighted by molar-refractivity contribution is -0.243. The van der Waals surface area contributed by atoms with E-state index < -0.39 is 12.1 Å². The largest absolute Gasteiger partial charge is 0.490 e. The van der Waals surface area contributed by atoms with E-state index in [0.717, 1.165) is 30.0 Å². The third kappa shape index (κ3) is 5.83. The quantitative estimate of drug-likeness (QED) is 0.564. The van der Waals surface area contributed by atoms with E-state index in [0.29, 0.717) is 5.75 Å². The lowest BCUT2D eigenvalue weighted by Gasteiger charge is -2.34. The van der Waals surface area contributed by atoms with E-state index in [4.69, 9.17) is 18.9 Å². The van der Waals surface area contributed by atoms with Gasteiger partial charge in [0.25, 0.3) is 0 Å². The number of aliphatic hydroxyl groups is 1. The third-order valence-electron chi connectivity index (χ3n) is 4.21. The Morgan fingerprint density at radius 3 is 2.85 bits per heavy atom. The SMILES string of the molecule is C=CC(=O)OCC(O)COc1ccc(C2OC(C)CC(CC)O2)cc1C. The molecule has 0 aliphatic carbocycles. The first kappa shape index (κ1) is 20.4. The Kier molecular flexibility index (Phi) is 7.63. The predicted octanol–water partition coefficient (Wildman–Crippen LogP) is 3.07. The zero-order valence-electron chi connectivity index (χ0n) is 15.6. The number of aryl methyl sites for hydroxylation is 1. The van der Waals surface area contributed by atoms with Crippen LogP contribution in [0.3, 0.4) is 0 Å². The molecule has 2 rings (SSSR count). The molecule has 6 heteroatoms. The molecule has 1 fully saturated rings. The fourth-order valence-electron chi connectivity index (χ4n) is 2.77. The van der Waals surface area contributed by atoms with Crippen molar-refractivity contribution in [1.82, 2.24) is 0 Å². The van der Waals surface area contributed by atoms with Crippen LogP contribution in [-0.4, -0.2) is 42.6 Å². The number of benzene rings is 1. The highest BCUT2D eigenvalue weighted by atomic mass is 16.7. The molecule has 0 saturated carbocycles. The van der Waals surface area contributed by atoms with Crippen molar-refractivity contribution >= 4 is 5.97 Å². The molecule has 1 aliphatic heterocycles. The second-order valence-electron chi connectivity index (χ2n) is 6.50. The molecule has 0 spiro atoms. The highest BCUT2D eigenvalue weighted by molar-refractivity contribution is 5.81. The van der Waals surface area contributed by atoms with Crippen LogP contribution in [0.15, 0.2) is 30.9 Å². The van der Waals surface area contributed by atoms with Crippen molar-refractivity contribution in [2.75, 3.05) is 13.2 Å². The number of rotatable bonds is 8. The second-order valence-corrected chi connectivity index (χ2v) is 6.50. The van der Waals surface area contributed by atoms with Gasteiger partial charge < -0.3 is 24.1 Å². The second kappa shape index (κ2) is 9.71. The summed E-state index contributed by atoms with van der Waals surface area (Å²) < 4.78 is 22.3. The minimum absolute atomic E-state index is 0.0238. The molecule has 1 heterocycles. The summed E-state index contributed by atoms with van der Waals surface area (Å²) in [4.78, 5) is 11.0. The van der Waals surface area contributed by atoms with Gasteiger partial charge in [-0.2, -0.15) is 0 Å². The number of hydrogen-bond donors (Lipinski definition) is 1. The Morgan fingerprint density at radius 1 is 1.42 bits per heavy atom. The maximum absolute atomic E-state index is 11.0. The summed E-state index contributed by atoms with van der Waals surface area (Å²) >= 11 is 0. The first-order valence-corrected chi connectivity index (χ1v) is 8.94. The molecule has 4 unspecified atom stereocenters. The number of hydrogen-bond acceptors (Lipinski definition) is 6. The first-order valence-electron chi connectivity index (χ1n) is 8.94. The molecule has 0 bridgehead atoms. The van der Waals surface area contributed by atoms with Gasteiger partial charge in [-0.1, -0.05) is 19.6 Å². The first-order chi connectivity index (χ1) is 12.4. The van der Waals surface area contributed by atoms with E-state index in [1.807, 2.05) is 25.1 Å². The van der Waals surface area contributed by atoms with Gasteiger partial charge in [0.1, 0.15) is 25.1 Å². The molecule has 0 radical (unpaired) electrons. The van der Waals surface area contributed by atoms with Crippen molar-refractivity contribution in [3.63, 3.8) is 0 Å². The van der Waals surface area contributed by atoms with Crippen molar-refractivity contribution in [3.8, 4) is 5.75 Å². The van der Waals surface area contributed by atoms with Gasteiger partial charge in [0.05, 0.1) is 12.2 Å². The Labute approximate surface area is 154 Å². The lowest BCUT2D eigenvalue weighted by atomic mass is 10.1. The van der Waals surface area contributed by atoms with Crippen LogP contribution in [0.25, 0.3) is 0 Å². The third-order valence-corrected chi connectivity index (χ3v) is 4.21. The van der Waals surface area contributed by atoms with Gasteiger partial charge in [-0.15, -0.1) is 0 Å². The average Bonchev–Trinajstić information content (AvgIpc) is 2.64. The zero-order chi connectivity index (χ0) is 19.1. The van der Waals surface area contributed by atoms with Crippen LogP contribution in [0.2, 0.25) is 0 Å². The molecule has 1 aromatic rings. The van der Waals surface area contributed by atoms with Gasteiger partial charge in [-0.05, 0) is 44.4 Å². The Bertz CT molecular complexity index is 614. The van der Waals surface area contributed by atoms with E-state index in [2.05, 4.69) is 20.4 Å². The van der Waals surface area contributed by atoms with Gasteiger partial charge in [0.15, 0.2) is 6.29 Å². The average molecular weight is 364 g/mol. The molecule has 0 aromatic heterocycles.